The minimum absolute atomic E-state index is 0.0552. The summed E-state index contributed by atoms with van der Waals surface area (Å²) < 4.78 is 0. The summed E-state index contributed by atoms with van der Waals surface area (Å²) in [5, 5.41) is 8.46. The van der Waals surface area contributed by atoms with Gasteiger partial charge in [0.05, 0.1) is 6.42 Å². The molecule has 3 heteroatoms. The molecule has 0 aliphatic rings. The van der Waals surface area contributed by atoms with Gasteiger partial charge in [-0.25, -0.2) is 0 Å². The second-order valence-corrected chi connectivity index (χ2v) is 2.32. The molecular formula is C10H15NO2. The van der Waals surface area contributed by atoms with Crippen LogP contribution in [0.25, 0.3) is 0 Å². The first kappa shape index (κ1) is 11.6. The van der Waals surface area contributed by atoms with Crippen molar-refractivity contribution in [3.63, 3.8) is 0 Å². The quantitative estimate of drug-likeness (QED) is 0.759. The van der Waals surface area contributed by atoms with Crippen molar-refractivity contribution in [2.45, 2.75) is 27.2 Å². The molecule has 0 aliphatic carbocycles. The largest absolute Gasteiger partial charge is 0.481 e. The van der Waals surface area contributed by atoms with Crippen LogP contribution in [0.5, 0.6) is 0 Å². The molecule has 0 spiro atoms. The van der Waals surface area contributed by atoms with E-state index in [2.05, 4.69) is 4.98 Å². The molecule has 0 aromatic carbocycles. The van der Waals surface area contributed by atoms with Gasteiger partial charge in [-0.3, -0.25) is 9.78 Å². The van der Waals surface area contributed by atoms with Crippen molar-refractivity contribution < 1.29 is 9.90 Å². The van der Waals surface area contributed by atoms with Gasteiger partial charge in [0.25, 0.3) is 0 Å². The fourth-order valence-corrected chi connectivity index (χ4v) is 0.867. The molecule has 1 heterocycles. The number of pyridine rings is 1. The van der Waals surface area contributed by atoms with Crippen molar-refractivity contribution in [1.82, 2.24) is 4.98 Å². The highest BCUT2D eigenvalue weighted by atomic mass is 16.4. The smallest absolute Gasteiger partial charge is 0.307 e. The maximum Gasteiger partial charge on any atom is 0.307 e. The third-order valence-electron chi connectivity index (χ3n) is 1.46. The lowest BCUT2D eigenvalue weighted by Crippen LogP contribution is -2.02. The van der Waals surface area contributed by atoms with Crippen molar-refractivity contribution in [2.75, 3.05) is 0 Å². The first-order valence-electron chi connectivity index (χ1n) is 4.32. The molecule has 0 aliphatic heterocycles. The van der Waals surface area contributed by atoms with Crippen molar-refractivity contribution >= 4 is 5.97 Å². The molecule has 0 unspecified atom stereocenters. The second kappa shape index (κ2) is 6.17. The zero-order chi connectivity index (χ0) is 10.3. The second-order valence-electron chi connectivity index (χ2n) is 2.32. The zero-order valence-electron chi connectivity index (χ0n) is 8.24. The van der Waals surface area contributed by atoms with E-state index in [1.54, 1.807) is 25.3 Å². The Kier molecular flexibility index (Phi) is 5.52. The molecule has 0 saturated carbocycles. The van der Waals surface area contributed by atoms with Crippen LogP contribution in [-0.4, -0.2) is 16.1 Å². The summed E-state index contributed by atoms with van der Waals surface area (Å²) in [6.45, 7) is 5.80. The Morgan fingerprint density at radius 3 is 2.62 bits per heavy atom. The van der Waals surface area contributed by atoms with Crippen molar-refractivity contribution in [1.29, 1.82) is 0 Å². The van der Waals surface area contributed by atoms with Crippen LogP contribution in [0.2, 0.25) is 0 Å². The number of carboxylic acid groups (broad SMARTS) is 1. The number of hydrogen-bond donors (Lipinski definition) is 1. The highest BCUT2D eigenvalue weighted by Crippen LogP contribution is 2.03. The van der Waals surface area contributed by atoms with Gasteiger partial charge in [0.15, 0.2) is 0 Å². The Labute approximate surface area is 78.4 Å². The lowest BCUT2D eigenvalue weighted by atomic mass is 10.1. The normalized spacial score (nSPS) is 8.54. The Morgan fingerprint density at radius 2 is 2.15 bits per heavy atom. The van der Waals surface area contributed by atoms with Gasteiger partial charge < -0.3 is 5.11 Å². The number of hydrogen-bond acceptors (Lipinski definition) is 2. The van der Waals surface area contributed by atoms with Gasteiger partial charge in [-0.2, -0.15) is 0 Å². The van der Waals surface area contributed by atoms with Crippen LogP contribution >= 0.6 is 0 Å². The van der Waals surface area contributed by atoms with Gasteiger partial charge in [0, 0.05) is 11.9 Å². The van der Waals surface area contributed by atoms with E-state index in [9.17, 15) is 4.79 Å². The molecule has 1 rings (SSSR count). The molecule has 0 atom stereocenters. The van der Waals surface area contributed by atoms with Gasteiger partial charge in [-0.15, -0.1) is 0 Å². The third kappa shape index (κ3) is 4.25. The molecule has 1 aromatic heterocycles. The summed E-state index contributed by atoms with van der Waals surface area (Å²) in [5.74, 6) is -0.818. The van der Waals surface area contributed by atoms with Crippen LogP contribution in [-0.2, 0) is 11.2 Å². The first-order valence-corrected chi connectivity index (χ1v) is 4.32. The molecule has 0 amide bonds. The van der Waals surface area contributed by atoms with Crippen molar-refractivity contribution in [3.05, 3.63) is 29.6 Å². The molecule has 13 heavy (non-hydrogen) atoms. The predicted octanol–water partition coefficient (Wildman–Crippen LogP) is 2.04. The molecular weight excluding hydrogens is 166 g/mol. The Balaban J connectivity index is 0.000000671. The monoisotopic (exact) mass is 181 g/mol. The number of aromatic nitrogens is 1. The lowest BCUT2D eigenvalue weighted by Gasteiger charge is -1.98. The van der Waals surface area contributed by atoms with E-state index in [4.69, 9.17) is 5.11 Å². The van der Waals surface area contributed by atoms with Crippen molar-refractivity contribution in [3.8, 4) is 0 Å². The lowest BCUT2D eigenvalue weighted by molar-refractivity contribution is -0.136. The van der Waals surface area contributed by atoms with Crippen LogP contribution in [0.4, 0.5) is 0 Å². The van der Waals surface area contributed by atoms with E-state index in [0.29, 0.717) is 0 Å². The number of carbonyl (C=O) groups is 1. The molecule has 0 saturated heterocycles. The van der Waals surface area contributed by atoms with E-state index in [0.717, 1.165) is 11.3 Å². The van der Waals surface area contributed by atoms with E-state index in [-0.39, 0.29) is 6.42 Å². The number of aryl methyl sites for hydroxylation is 1. The van der Waals surface area contributed by atoms with Gasteiger partial charge in [-0.05, 0) is 18.6 Å². The highest BCUT2D eigenvalue weighted by molar-refractivity contribution is 5.70. The molecule has 0 radical (unpaired) electrons. The molecule has 72 valence electrons. The summed E-state index contributed by atoms with van der Waals surface area (Å²) in [4.78, 5) is 14.3. The van der Waals surface area contributed by atoms with E-state index < -0.39 is 5.97 Å². The summed E-state index contributed by atoms with van der Waals surface area (Å²) >= 11 is 0. The summed E-state index contributed by atoms with van der Waals surface area (Å²) in [7, 11) is 0. The molecule has 0 fully saturated rings. The van der Waals surface area contributed by atoms with Crippen LogP contribution in [0.3, 0.4) is 0 Å². The number of rotatable bonds is 2. The standard InChI is InChI=1S/C8H9NO2.C2H6/c1-6-7(5-8(10)11)3-2-4-9-6;1-2/h2-4H,5H2,1H3,(H,10,11);1-2H3. The van der Waals surface area contributed by atoms with E-state index in [1.165, 1.54) is 0 Å². The molecule has 3 nitrogen and oxygen atoms in total. The average Bonchev–Trinajstić information content (AvgIpc) is 2.12. The summed E-state index contributed by atoms with van der Waals surface area (Å²) in [5.41, 5.74) is 1.56. The third-order valence-corrected chi connectivity index (χ3v) is 1.46. The number of nitrogens with zero attached hydrogens (tertiary/aromatic N) is 1. The maximum atomic E-state index is 10.3. The Bertz CT molecular complexity index is 271. The first-order chi connectivity index (χ1) is 6.20. The van der Waals surface area contributed by atoms with E-state index >= 15 is 0 Å². The number of carboxylic acids is 1. The average molecular weight is 181 g/mol. The minimum Gasteiger partial charge on any atom is -0.481 e. The Morgan fingerprint density at radius 1 is 1.54 bits per heavy atom. The van der Waals surface area contributed by atoms with Crippen molar-refractivity contribution in [2.24, 2.45) is 0 Å². The van der Waals surface area contributed by atoms with Crippen LogP contribution in [0.15, 0.2) is 18.3 Å². The van der Waals surface area contributed by atoms with Gasteiger partial charge in [0.1, 0.15) is 0 Å². The van der Waals surface area contributed by atoms with Gasteiger partial charge >= 0.3 is 5.97 Å². The fourth-order valence-electron chi connectivity index (χ4n) is 0.867. The molecule has 1 aromatic rings. The van der Waals surface area contributed by atoms with E-state index in [1.807, 2.05) is 13.8 Å². The maximum absolute atomic E-state index is 10.3. The molecule has 0 bridgehead atoms. The Hall–Kier alpha value is -1.38. The SMILES string of the molecule is CC.Cc1ncccc1CC(=O)O. The van der Waals surface area contributed by atoms with Crippen LogP contribution in [0.1, 0.15) is 25.1 Å². The topological polar surface area (TPSA) is 50.2 Å². The predicted molar refractivity (Wildman–Crippen MR) is 51.7 cm³/mol. The molecule has 1 N–H and O–H groups in total. The fraction of sp³-hybridized carbons (Fsp3) is 0.400. The van der Waals surface area contributed by atoms with Crippen LogP contribution in [0, 0.1) is 6.92 Å². The summed E-state index contributed by atoms with van der Waals surface area (Å²) in [6, 6.07) is 3.52. The van der Waals surface area contributed by atoms with Gasteiger partial charge in [0.2, 0.25) is 0 Å². The number of aliphatic carboxylic acids is 1. The highest BCUT2D eigenvalue weighted by Gasteiger charge is 2.02. The van der Waals surface area contributed by atoms with Crippen LogP contribution < -0.4 is 0 Å². The minimum atomic E-state index is -0.818. The summed E-state index contributed by atoms with van der Waals surface area (Å²) in [6.07, 6.45) is 1.71. The zero-order valence-corrected chi connectivity index (χ0v) is 8.24. The van der Waals surface area contributed by atoms with Gasteiger partial charge in [-0.1, -0.05) is 19.9 Å².